The summed E-state index contributed by atoms with van der Waals surface area (Å²) in [7, 11) is 0. The number of aromatic nitrogens is 2. The van der Waals surface area contributed by atoms with Crippen molar-refractivity contribution in [2.45, 2.75) is 39.5 Å². The maximum absolute atomic E-state index is 5.48. The van der Waals surface area contributed by atoms with Gasteiger partial charge < -0.3 is 15.6 Å². The predicted molar refractivity (Wildman–Crippen MR) is 87.3 cm³/mol. The molecule has 0 spiro atoms. The van der Waals surface area contributed by atoms with Gasteiger partial charge in [0.15, 0.2) is 0 Å². The molecule has 1 saturated heterocycles. The molecular weight excluding hydrogens is 264 g/mol. The highest BCUT2D eigenvalue weighted by molar-refractivity contribution is 5.47. The molecule has 0 saturated carbocycles. The van der Waals surface area contributed by atoms with Gasteiger partial charge in [-0.05, 0) is 31.8 Å². The Hall–Kier alpha value is -1.40. The Morgan fingerprint density at radius 3 is 2.48 bits per heavy atom. The Labute approximate surface area is 127 Å². The molecule has 6 nitrogen and oxygen atoms in total. The minimum atomic E-state index is 0.279. The maximum atomic E-state index is 5.48. The molecule has 118 valence electrons. The third-order valence-corrected chi connectivity index (χ3v) is 3.81. The van der Waals surface area contributed by atoms with Crippen molar-refractivity contribution in [1.82, 2.24) is 14.9 Å². The molecule has 2 heterocycles. The summed E-state index contributed by atoms with van der Waals surface area (Å²) in [6.45, 7) is 11.0. The van der Waals surface area contributed by atoms with Crippen LogP contribution in [0.2, 0.25) is 0 Å². The van der Waals surface area contributed by atoms with Crippen molar-refractivity contribution in [3.05, 3.63) is 11.9 Å². The second-order valence-electron chi connectivity index (χ2n) is 6.29. The number of hydrogen-bond donors (Lipinski definition) is 3. The molecule has 4 N–H and O–H groups in total. The summed E-state index contributed by atoms with van der Waals surface area (Å²) in [6.07, 6.45) is 2.69. The molecule has 0 aromatic carbocycles. The van der Waals surface area contributed by atoms with Crippen molar-refractivity contribution in [1.29, 1.82) is 0 Å². The van der Waals surface area contributed by atoms with Crippen molar-refractivity contribution in [3.63, 3.8) is 0 Å². The topological polar surface area (TPSA) is 79.1 Å². The number of hydrazine groups is 1. The van der Waals surface area contributed by atoms with Gasteiger partial charge in [0.1, 0.15) is 17.5 Å². The minimum Gasteiger partial charge on any atom is -0.370 e. The van der Waals surface area contributed by atoms with E-state index < -0.39 is 0 Å². The molecule has 21 heavy (non-hydrogen) atoms. The molecule has 1 aliphatic rings. The lowest BCUT2D eigenvalue weighted by Crippen LogP contribution is -2.29. The molecule has 0 radical (unpaired) electrons. The molecule has 0 aliphatic carbocycles. The van der Waals surface area contributed by atoms with Crippen LogP contribution in [0.5, 0.6) is 0 Å². The number of hydrogen-bond acceptors (Lipinski definition) is 6. The molecule has 0 bridgehead atoms. The first-order valence-corrected chi connectivity index (χ1v) is 7.90. The van der Waals surface area contributed by atoms with Gasteiger partial charge in [0.05, 0.1) is 0 Å². The van der Waals surface area contributed by atoms with Crippen LogP contribution in [-0.2, 0) is 0 Å². The average Bonchev–Trinajstić information content (AvgIpc) is 2.97. The van der Waals surface area contributed by atoms with Crippen molar-refractivity contribution >= 4 is 11.6 Å². The second kappa shape index (κ2) is 7.56. The molecule has 6 heteroatoms. The van der Waals surface area contributed by atoms with Gasteiger partial charge in [-0.2, -0.15) is 0 Å². The molecule has 2 rings (SSSR count). The lowest BCUT2D eigenvalue weighted by Gasteiger charge is -2.21. The summed E-state index contributed by atoms with van der Waals surface area (Å²) >= 11 is 0. The van der Waals surface area contributed by atoms with E-state index in [1.807, 2.05) is 6.07 Å². The molecule has 1 fully saturated rings. The molecule has 1 aromatic heterocycles. The Bertz CT molecular complexity index is 442. The van der Waals surface area contributed by atoms with Crippen LogP contribution >= 0.6 is 0 Å². The van der Waals surface area contributed by atoms with E-state index in [-0.39, 0.29) is 5.92 Å². The number of nitrogens with two attached hydrogens (primary N) is 1. The van der Waals surface area contributed by atoms with Crippen LogP contribution in [0.1, 0.15) is 45.4 Å². The monoisotopic (exact) mass is 292 g/mol. The number of nitrogens with one attached hydrogen (secondary N) is 2. The van der Waals surface area contributed by atoms with E-state index in [0.717, 1.165) is 24.7 Å². The van der Waals surface area contributed by atoms with Gasteiger partial charge in [-0.3, -0.25) is 0 Å². The molecule has 1 unspecified atom stereocenters. The number of rotatable bonds is 7. The summed E-state index contributed by atoms with van der Waals surface area (Å²) < 4.78 is 0. The summed E-state index contributed by atoms with van der Waals surface area (Å²) in [5.41, 5.74) is 2.61. The zero-order valence-corrected chi connectivity index (χ0v) is 13.4. The first-order valence-electron chi connectivity index (χ1n) is 7.90. The standard InChI is InChI=1S/C15H28N6/c1-11(2)15-18-13(8-14(19-15)20-16)17-9-12(3)10-21-6-4-5-7-21/h8,11-12H,4-7,9-10,16H2,1-3H3,(H2,17,18,19,20). The smallest absolute Gasteiger partial charge is 0.145 e. The summed E-state index contributed by atoms with van der Waals surface area (Å²) in [5.74, 6) is 8.65. The van der Waals surface area contributed by atoms with Crippen LogP contribution in [-0.4, -0.2) is 41.0 Å². The molecule has 1 atom stereocenters. The van der Waals surface area contributed by atoms with Crippen molar-refractivity contribution in [2.75, 3.05) is 36.9 Å². The van der Waals surface area contributed by atoms with Crippen LogP contribution in [0.3, 0.4) is 0 Å². The molecule has 1 aromatic rings. The number of nitrogens with zero attached hydrogens (tertiary/aromatic N) is 3. The average molecular weight is 292 g/mol. The van der Waals surface area contributed by atoms with E-state index in [1.165, 1.54) is 25.9 Å². The highest BCUT2D eigenvalue weighted by Gasteiger charge is 2.15. The number of anilines is 2. The Morgan fingerprint density at radius 2 is 1.86 bits per heavy atom. The third-order valence-electron chi connectivity index (χ3n) is 3.81. The van der Waals surface area contributed by atoms with Crippen molar-refractivity contribution in [2.24, 2.45) is 11.8 Å². The van der Waals surface area contributed by atoms with Gasteiger partial charge in [0.2, 0.25) is 0 Å². The van der Waals surface area contributed by atoms with Gasteiger partial charge in [0, 0.05) is 25.1 Å². The SMILES string of the molecule is CC(CNc1cc(NN)nc(C(C)C)n1)CN1CCCC1. The first kappa shape index (κ1) is 16.0. The molecule has 1 aliphatic heterocycles. The summed E-state index contributed by atoms with van der Waals surface area (Å²) in [4.78, 5) is 11.5. The fourth-order valence-corrected chi connectivity index (χ4v) is 2.64. The second-order valence-corrected chi connectivity index (χ2v) is 6.29. The van der Waals surface area contributed by atoms with Crippen LogP contribution < -0.4 is 16.6 Å². The number of nitrogen functional groups attached to an aromatic ring is 1. The molecule has 0 amide bonds. The fourth-order valence-electron chi connectivity index (χ4n) is 2.64. The van der Waals surface area contributed by atoms with E-state index in [1.54, 1.807) is 0 Å². The maximum Gasteiger partial charge on any atom is 0.145 e. The van der Waals surface area contributed by atoms with Crippen molar-refractivity contribution < 1.29 is 0 Å². The first-order chi connectivity index (χ1) is 10.1. The Morgan fingerprint density at radius 1 is 1.19 bits per heavy atom. The fraction of sp³-hybridized carbons (Fsp3) is 0.733. The van der Waals surface area contributed by atoms with E-state index in [9.17, 15) is 0 Å². The van der Waals surface area contributed by atoms with Gasteiger partial charge in [-0.15, -0.1) is 0 Å². The van der Waals surface area contributed by atoms with Crippen LogP contribution in [0, 0.1) is 5.92 Å². The molecular formula is C15H28N6. The van der Waals surface area contributed by atoms with Gasteiger partial charge in [-0.25, -0.2) is 15.8 Å². The number of likely N-dealkylation sites (tertiary alicyclic amines) is 1. The highest BCUT2D eigenvalue weighted by atomic mass is 15.3. The quantitative estimate of drug-likeness (QED) is 0.527. The van der Waals surface area contributed by atoms with Crippen LogP contribution in [0.4, 0.5) is 11.6 Å². The van der Waals surface area contributed by atoms with Crippen molar-refractivity contribution in [3.8, 4) is 0 Å². The van der Waals surface area contributed by atoms with E-state index in [4.69, 9.17) is 5.84 Å². The van der Waals surface area contributed by atoms with Gasteiger partial charge in [-0.1, -0.05) is 20.8 Å². The minimum absolute atomic E-state index is 0.279. The predicted octanol–water partition coefficient (Wildman–Crippen LogP) is 2.03. The van der Waals surface area contributed by atoms with E-state index >= 15 is 0 Å². The highest BCUT2D eigenvalue weighted by Crippen LogP contribution is 2.17. The zero-order valence-electron chi connectivity index (χ0n) is 13.4. The van der Waals surface area contributed by atoms with Crippen LogP contribution in [0.25, 0.3) is 0 Å². The Kier molecular flexibility index (Phi) is 5.76. The largest absolute Gasteiger partial charge is 0.370 e. The van der Waals surface area contributed by atoms with E-state index in [2.05, 4.69) is 46.4 Å². The lowest BCUT2D eigenvalue weighted by molar-refractivity contribution is 0.294. The lowest BCUT2D eigenvalue weighted by atomic mass is 10.1. The summed E-state index contributed by atoms with van der Waals surface area (Å²) in [6, 6.07) is 1.86. The zero-order chi connectivity index (χ0) is 15.2. The normalized spacial score (nSPS) is 17.2. The Balaban J connectivity index is 1.90. The van der Waals surface area contributed by atoms with Gasteiger partial charge >= 0.3 is 0 Å². The van der Waals surface area contributed by atoms with Crippen LogP contribution in [0.15, 0.2) is 6.07 Å². The summed E-state index contributed by atoms with van der Waals surface area (Å²) in [5, 5.41) is 3.42. The van der Waals surface area contributed by atoms with E-state index in [0.29, 0.717) is 11.7 Å². The third kappa shape index (κ3) is 4.82. The van der Waals surface area contributed by atoms with Gasteiger partial charge in [0.25, 0.3) is 0 Å².